The van der Waals surface area contributed by atoms with Gasteiger partial charge in [-0.05, 0) is 50.2 Å². The van der Waals surface area contributed by atoms with E-state index in [1.54, 1.807) is 12.1 Å². The molecule has 0 fully saturated rings. The fourth-order valence-electron chi connectivity index (χ4n) is 2.53. The summed E-state index contributed by atoms with van der Waals surface area (Å²) >= 11 is 0. The fourth-order valence-corrected chi connectivity index (χ4v) is 3.46. The zero-order valence-electron chi connectivity index (χ0n) is 16.9. The van der Waals surface area contributed by atoms with Gasteiger partial charge in [0.05, 0.1) is 11.9 Å². The summed E-state index contributed by atoms with van der Waals surface area (Å²) < 4.78 is 25.6. The third kappa shape index (κ3) is 7.74. The summed E-state index contributed by atoms with van der Waals surface area (Å²) in [7, 11) is 0.514. The lowest BCUT2D eigenvalue weighted by molar-refractivity contribution is -0.120. The third-order valence-corrected chi connectivity index (χ3v) is 5.26. The molecule has 0 aromatic heterocycles. The van der Waals surface area contributed by atoms with E-state index in [4.69, 9.17) is 0 Å². The van der Waals surface area contributed by atoms with Gasteiger partial charge in [-0.3, -0.25) is 9.10 Å². The number of hydrogen-bond acceptors (Lipinski definition) is 4. The van der Waals surface area contributed by atoms with Gasteiger partial charge in [-0.25, -0.2) is 8.42 Å². The molecule has 6 nitrogen and oxygen atoms in total. The summed E-state index contributed by atoms with van der Waals surface area (Å²) in [6.45, 7) is 7.95. The first-order valence-electron chi connectivity index (χ1n) is 8.91. The standard InChI is InChI=1S/C19H33N3O3S/c1-19(2,3)16-8-10-17(11-9-16)22(26(6,24)25)15-12-18(23)20-13-7-14-21(4)5/h8-11H,7,12-15H2,1-6H3,(H,20,23). The normalized spacial score (nSPS) is 12.3. The lowest BCUT2D eigenvalue weighted by Crippen LogP contribution is -2.35. The molecule has 0 spiro atoms. The maximum absolute atomic E-state index is 12.2. The molecule has 0 aliphatic carbocycles. The number of anilines is 1. The van der Waals surface area contributed by atoms with Crippen LogP contribution in [0.25, 0.3) is 0 Å². The molecular weight excluding hydrogens is 350 g/mol. The van der Waals surface area contributed by atoms with Crippen LogP contribution in [-0.4, -0.2) is 59.2 Å². The quantitative estimate of drug-likeness (QED) is 0.664. The average Bonchev–Trinajstić information content (AvgIpc) is 2.50. The maximum atomic E-state index is 12.2. The van der Waals surface area contributed by atoms with Crippen LogP contribution in [0.5, 0.6) is 0 Å². The molecule has 148 valence electrons. The first-order valence-corrected chi connectivity index (χ1v) is 10.8. The van der Waals surface area contributed by atoms with Crippen LogP contribution >= 0.6 is 0 Å². The van der Waals surface area contributed by atoms with Crippen molar-refractivity contribution in [3.8, 4) is 0 Å². The van der Waals surface area contributed by atoms with E-state index in [1.165, 1.54) is 10.6 Å². The molecule has 7 heteroatoms. The summed E-state index contributed by atoms with van der Waals surface area (Å²) in [4.78, 5) is 14.0. The minimum Gasteiger partial charge on any atom is -0.356 e. The number of benzene rings is 1. The Kier molecular flexibility index (Phi) is 8.09. The Morgan fingerprint density at radius 3 is 2.12 bits per heavy atom. The highest BCUT2D eigenvalue weighted by atomic mass is 32.2. The summed E-state index contributed by atoms with van der Waals surface area (Å²) in [6.07, 6.45) is 2.17. The third-order valence-electron chi connectivity index (χ3n) is 4.07. The zero-order valence-corrected chi connectivity index (χ0v) is 17.7. The molecule has 1 aromatic carbocycles. The number of carbonyl (C=O) groups is 1. The molecule has 0 radical (unpaired) electrons. The Morgan fingerprint density at radius 1 is 1.08 bits per heavy atom. The van der Waals surface area contributed by atoms with Crippen LogP contribution in [-0.2, 0) is 20.2 Å². The highest BCUT2D eigenvalue weighted by Gasteiger charge is 2.20. The van der Waals surface area contributed by atoms with E-state index in [-0.39, 0.29) is 24.3 Å². The van der Waals surface area contributed by atoms with E-state index in [2.05, 4.69) is 31.0 Å². The van der Waals surface area contributed by atoms with E-state index in [0.29, 0.717) is 12.2 Å². The van der Waals surface area contributed by atoms with Gasteiger partial charge in [-0.1, -0.05) is 32.9 Å². The Bertz CT molecular complexity index is 677. The van der Waals surface area contributed by atoms with Gasteiger partial charge in [0.1, 0.15) is 0 Å². The molecular formula is C19H33N3O3S. The van der Waals surface area contributed by atoms with Crippen molar-refractivity contribution in [1.82, 2.24) is 10.2 Å². The molecule has 0 bridgehead atoms. The second-order valence-electron chi connectivity index (χ2n) is 7.89. The number of carbonyl (C=O) groups excluding carboxylic acids is 1. The van der Waals surface area contributed by atoms with Crippen molar-refractivity contribution in [3.05, 3.63) is 29.8 Å². The van der Waals surface area contributed by atoms with Gasteiger partial charge >= 0.3 is 0 Å². The Labute approximate surface area is 158 Å². The SMILES string of the molecule is CN(C)CCCNC(=O)CCN(c1ccc(C(C)(C)C)cc1)S(C)(=O)=O. The highest BCUT2D eigenvalue weighted by molar-refractivity contribution is 7.92. The van der Waals surface area contributed by atoms with Gasteiger partial charge in [-0.2, -0.15) is 0 Å². The second kappa shape index (κ2) is 9.37. The van der Waals surface area contributed by atoms with Crippen LogP contribution < -0.4 is 9.62 Å². The van der Waals surface area contributed by atoms with Gasteiger partial charge in [0, 0.05) is 19.5 Å². The van der Waals surface area contributed by atoms with Crippen molar-refractivity contribution < 1.29 is 13.2 Å². The van der Waals surface area contributed by atoms with Crippen LogP contribution in [0.2, 0.25) is 0 Å². The molecule has 0 heterocycles. The molecule has 0 unspecified atom stereocenters. The number of nitrogens with one attached hydrogen (secondary N) is 1. The van der Waals surface area contributed by atoms with Crippen LogP contribution in [0.4, 0.5) is 5.69 Å². The fraction of sp³-hybridized carbons (Fsp3) is 0.632. The van der Waals surface area contributed by atoms with Crippen molar-refractivity contribution in [1.29, 1.82) is 0 Å². The van der Waals surface area contributed by atoms with Gasteiger partial charge < -0.3 is 10.2 Å². The minimum absolute atomic E-state index is 0.000886. The van der Waals surface area contributed by atoms with Gasteiger partial charge in [0.2, 0.25) is 15.9 Å². The van der Waals surface area contributed by atoms with Gasteiger partial charge in [-0.15, -0.1) is 0 Å². The predicted octanol–water partition coefficient (Wildman–Crippen LogP) is 2.21. The molecule has 1 rings (SSSR count). The van der Waals surface area contributed by atoms with Crippen molar-refractivity contribution in [2.45, 2.75) is 39.0 Å². The first-order chi connectivity index (χ1) is 11.9. The number of rotatable bonds is 9. The van der Waals surface area contributed by atoms with Crippen LogP contribution in [0.15, 0.2) is 24.3 Å². The predicted molar refractivity (Wildman–Crippen MR) is 108 cm³/mol. The summed E-state index contributed by atoms with van der Waals surface area (Å²) in [5.74, 6) is -0.135. The minimum atomic E-state index is -3.45. The lowest BCUT2D eigenvalue weighted by Gasteiger charge is -2.24. The molecule has 1 N–H and O–H groups in total. The topological polar surface area (TPSA) is 69.7 Å². The number of amides is 1. The van der Waals surface area contributed by atoms with E-state index in [1.807, 2.05) is 26.2 Å². The molecule has 0 atom stereocenters. The molecule has 1 amide bonds. The molecule has 26 heavy (non-hydrogen) atoms. The largest absolute Gasteiger partial charge is 0.356 e. The van der Waals surface area contributed by atoms with Gasteiger partial charge in [0.15, 0.2) is 0 Å². The summed E-state index contributed by atoms with van der Waals surface area (Å²) in [5.41, 5.74) is 1.72. The van der Waals surface area contributed by atoms with Crippen molar-refractivity contribution in [2.24, 2.45) is 0 Å². The molecule has 0 aliphatic heterocycles. The monoisotopic (exact) mass is 383 g/mol. The second-order valence-corrected chi connectivity index (χ2v) is 9.80. The van der Waals surface area contributed by atoms with E-state index >= 15 is 0 Å². The Hall–Kier alpha value is -1.60. The molecule has 0 saturated carbocycles. The summed E-state index contributed by atoms with van der Waals surface area (Å²) in [6, 6.07) is 7.48. The average molecular weight is 384 g/mol. The van der Waals surface area contributed by atoms with E-state index in [0.717, 1.165) is 18.5 Å². The smallest absolute Gasteiger partial charge is 0.232 e. The van der Waals surface area contributed by atoms with Crippen molar-refractivity contribution >= 4 is 21.6 Å². The van der Waals surface area contributed by atoms with Crippen LogP contribution in [0.3, 0.4) is 0 Å². The highest BCUT2D eigenvalue weighted by Crippen LogP contribution is 2.26. The van der Waals surface area contributed by atoms with Gasteiger partial charge in [0.25, 0.3) is 0 Å². The van der Waals surface area contributed by atoms with Crippen molar-refractivity contribution in [3.63, 3.8) is 0 Å². The Morgan fingerprint density at radius 2 is 1.65 bits per heavy atom. The van der Waals surface area contributed by atoms with Crippen molar-refractivity contribution in [2.75, 3.05) is 44.3 Å². The number of nitrogens with zero attached hydrogens (tertiary/aromatic N) is 2. The lowest BCUT2D eigenvalue weighted by atomic mass is 9.87. The van der Waals surface area contributed by atoms with E-state index in [9.17, 15) is 13.2 Å². The van der Waals surface area contributed by atoms with Crippen LogP contribution in [0, 0.1) is 0 Å². The number of hydrogen-bond donors (Lipinski definition) is 1. The summed E-state index contributed by atoms with van der Waals surface area (Å²) in [5, 5.41) is 2.84. The molecule has 0 aliphatic rings. The Balaban J connectivity index is 2.70. The molecule has 1 aromatic rings. The zero-order chi connectivity index (χ0) is 20.0. The van der Waals surface area contributed by atoms with Crippen LogP contribution in [0.1, 0.15) is 39.2 Å². The number of sulfonamides is 1. The van der Waals surface area contributed by atoms with E-state index < -0.39 is 10.0 Å². The first kappa shape index (κ1) is 22.4. The molecule has 0 saturated heterocycles. The maximum Gasteiger partial charge on any atom is 0.232 e.